The lowest BCUT2D eigenvalue weighted by Gasteiger charge is -2.33. The quantitative estimate of drug-likeness (QED) is 0.785. The second kappa shape index (κ2) is 6.46. The highest BCUT2D eigenvalue weighted by atomic mass is 19.1. The van der Waals surface area contributed by atoms with Crippen LogP contribution in [0.25, 0.3) is 5.78 Å². The topological polar surface area (TPSA) is 75.4 Å². The Morgan fingerprint density at radius 3 is 2.68 bits per heavy atom. The number of fused-ring (bicyclic) bond motifs is 1. The van der Waals surface area contributed by atoms with Crippen LogP contribution in [0.2, 0.25) is 0 Å². The minimum absolute atomic E-state index is 0.0729. The molecule has 1 aromatic carbocycles. The summed E-state index contributed by atoms with van der Waals surface area (Å²) in [5, 5.41) is 7.12. The van der Waals surface area contributed by atoms with E-state index in [9.17, 15) is 9.18 Å². The molecule has 7 nitrogen and oxygen atoms in total. The van der Waals surface area contributed by atoms with E-state index in [0.717, 1.165) is 31.6 Å². The molecule has 0 saturated carbocycles. The average molecular weight is 340 g/mol. The number of nitrogens with zero attached hydrogens (tertiary/aromatic N) is 5. The van der Waals surface area contributed by atoms with E-state index in [2.05, 4.69) is 25.3 Å². The van der Waals surface area contributed by atoms with Gasteiger partial charge in [0.2, 0.25) is 5.82 Å². The van der Waals surface area contributed by atoms with Gasteiger partial charge in [-0.05, 0) is 43.2 Å². The number of rotatable bonds is 3. The molecular weight excluding hydrogens is 323 g/mol. The van der Waals surface area contributed by atoms with E-state index >= 15 is 0 Å². The molecule has 3 heterocycles. The number of anilines is 1. The fourth-order valence-electron chi connectivity index (χ4n) is 3.01. The Morgan fingerprint density at radius 1 is 1.20 bits per heavy atom. The van der Waals surface area contributed by atoms with Gasteiger partial charge in [0.15, 0.2) is 0 Å². The first kappa shape index (κ1) is 15.5. The van der Waals surface area contributed by atoms with Gasteiger partial charge in [0.05, 0.1) is 0 Å². The lowest BCUT2D eigenvalue weighted by atomic mass is 10.0. The lowest BCUT2D eigenvalue weighted by molar-refractivity contribution is 0.0921. The Morgan fingerprint density at radius 2 is 1.96 bits per heavy atom. The number of benzene rings is 1. The molecule has 0 radical (unpaired) electrons. The van der Waals surface area contributed by atoms with Crippen molar-refractivity contribution < 1.29 is 9.18 Å². The molecule has 3 aromatic rings. The van der Waals surface area contributed by atoms with Crippen molar-refractivity contribution in [3.63, 3.8) is 0 Å². The van der Waals surface area contributed by atoms with Crippen LogP contribution in [0, 0.1) is 5.82 Å². The zero-order valence-corrected chi connectivity index (χ0v) is 13.5. The summed E-state index contributed by atoms with van der Waals surface area (Å²) in [6.07, 6.45) is 4.94. The number of halogens is 1. The molecule has 1 aliphatic rings. The molecule has 1 amide bonds. The molecule has 1 aliphatic heterocycles. The maximum absolute atomic E-state index is 13.0. The van der Waals surface area contributed by atoms with Crippen LogP contribution in [0.3, 0.4) is 0 Å². The number of carbonyl (C=O) groups excluding carboxylic acids is 1. The van der Waals surface area contributed by atoms with Gasteiger partial charge in [0.25, 0.3) is 11.7 Å². The zero-order chi connectivity index (χ0) is 17.2. The first-order valence-corrected chi connectivity index (χ1v) is 8.18. The third-order valence-corrected chi connectivity index (χ3v) is 4.34. The van der Waals surface area contributed by atoms with E-state index in [0.29, 0.717) is 5.78 Å². The summed E-state index contributed by atoms with van der Waals surface area (Å²) in [5.74, 6) is 0.00418. The number of piperidine rings is 1. The van der Waals surface area contributed by atoms with Crippen LogP contribution in [0.4, 0.5) is 10.1 Å². The van der Waals surface area contributed by atoms with Crippen LogP contribution in [0.5, 0.6) is 0 Å². The van der Waals surface area contributed by atoms with Crippen LogP contribution in [0.15, 0.2) is 42.7 Å². The summed E-state index contributed by atoms with van der Waals surface area (Å²) in [5.41, 5.74) is 0.999. The molecule has 8 heteroatoms. The Labute approximate surface area is 143 Å². The Balaban J connectivity index is 1.36. The molecule has 1 fully saturated rings. The van der Waals surface area contributed by atoms with Crippen molar-refractivity contribution in [3.05, 3.63) is 54.4 Å². The largest absolute Gasteiger partial charge is 0.371 e. The van der Waals surface area contributed by atoms with Crippen molar-refractivity contribution in [2.45, 2.75) is 18.9 Å². The SMILES string of the molecule is O=C(NC1CCN(c2ccc(F)cc2)CC1)c1nc2ncccn2n1. The lowest BCUT2D eigenvalue weighted by Crippen LogP contribution is -2.45. The van der Waals surface area contributed by atoms with E-state index in [1.807, 2.05) is 0 Å². The van der Waals surface area contributed by atoms with Crippen LogP contribution >= 0.6 is 0 Å². The predicted molar refractivity (Wildman–Crippen MR) is 89.9 cm³/mol. The van der Waals surface area contributed by atoms with Gasteiger partial charge < -0.3 is 10.2 Å². The monoisotopic (exact) mass is 340 g/mol. The van der Waals surface area contributed by atoms with Crippen LogP contribution in [-0.4, -0.2) is 44.6 Å². The van der Waals surface area contributed by atoms with Gasteiger partial charge in [0.1, 0.15) is 5.82 Å². The normalized spacial score (nSPS) is 15.5. The van der Waals surface area contributed by atoms with E-state index in [1.54, 1.807) is 30.6 Å². The van der Waals surface area contributed by atoms with Crippen molar-refractivity contribution in [1.82, 2.24) is 24.9 Å². The van der Waals surface area contributed by atoms with Gasteiger partial charge in [-0.3, -0.25) is 4.79 Å². The minimum atomic E-state index is -0.286. The molecule has 1 N–H and O–H groups in total. The molecule has 128 valence electrons. The van der Waals surface area contributed by atoms with Crippen LogP contribution < -0.4 is 10.2 Å². The van der Waals surface area contributed by atoms with E-state index < -0.39 is 0 Å². The van der Waals surface area contributed by atoms with E-state index in [-0.39, 0.29) is 23.6 Å². The fourth-order valence-corrected chi connectivity index (χ4v) is 3.01. The highest BCUT2D eigenvalue weighted by molar-refractivity contribution is 5.91. The second-order valence-electron chi connectivity index (χ2n) is 6.01. The predicted octanol–water partition coefficient (Wildman–Crippen LogP) is 1.66. The standard InChI is InChI=1S/C17H17FN6O/c18-12-2-4-14(5-3-12)23-10-6-13(7-11-23)20-16(25)15-21-17-19-8-1-9-24(17)22-15/h1-5,8-9,13H,6-7,10-11H2,(H,20,25). The fraction of sp³-hybridized carbons (Fsp3) is 0.294. The van der Waals surface area contributed by atoms with Crippen molar-refractivity contribution in [2.24, 2.45) is 0 Å². The Kier molecular flexibility index (Phi) is 4.01. The Hall–Kier alpha value is -3.03. The van der Waals surface area contributed by atoms with Crippen molar-refractivity contribution in [1.29, 1.82) is 0 Å². The van der Waals surface area contributed by atoms with Gasteiger partial charge in [0, 0.05) is 37.2 Å². The average Bonchev–Trinajstić information content (AvgIpc) is 3.07. The number of hydrogen-bond donors (Lipinski definition) is 1. The van der Waals surface area contributed by atoms with Crippen LogP contribution in [-0.2, 0) is 0 Å². The van der Waals surface area contributed by atoms with Crippen molar-refractivity contribution in [2.75, 3.05) is 18.0 Å². The van der Waals surface area contributed by atoms with Gasteiger partial charge in [-0.15, -0.1) is 5.10 Å². The first-order chi connectivity index (χ1) is 12.2. The van der Waals surface area contributed by atoms with E-state index in [1.165, 1.54) is 16.6 Å². The molecule has 4 rings (SSSR count). The Bertz CT molecular complexity index is 853. The number of aromatic nitrogens is 4. The van der Waals surface area contributed by atoms with Gasteiger partial charge in [-0.2, -0.15) is 4.98 Å². The summed E-state index contributed by atoms with van der Waals surface area (Å²) >= 11 is 0. The maximum Gasteiger partial charge on any atom is 0.291 e. The highest BCUT2D eigenvalue weighted by Gasteiger charge is 2.23. The number of amides is 1. The van der Waals surface area contributed by atoms with Crippen LogP contribution in [0.1, 0.15) is 23.5 Å². The maximum atomic E-state index is 13.0. The number of hydrogen-bond acceptors (Lipinski definition) is 5. The molecule has 0 bridgehead atoms. The molecule has 0 spiro atoms. The van der Waals surface area contributed by atoms with E-state index in [4.69, 9.17) is 0 Å². The molecule has 0 atom stereocenters. The number of nitrogens with one attached hydrogen (secondary N) is 1. The first-order valence-electron chi connectivity index (χ1n) is 8.18. The van der Waals surface area contributed by atoms with Crippen molar-refractivity contribution >= 4 is 17.4 Å². The number of carbonyl (C=O) groups is 1. The third kappa shape index (κ3) is 3.28. The smallest absolute Gasteiger partial charge is 0.291 e. The molecule has 0 unspecified atom stereocenters. The van der Waals surface area contributed by atoms with Gasteiger partial charge >= 0.3 is 0 Å². The molecule has 25 heavy (non-hydrogen) atoms. The molecule has 1 saturated heterocycles. The van der Waals surface area contributed by atoms with Crippen molar-refractivity contribution in [3.8, 4) is 0 Å². The summed E-state index contributed by atoms with van der Waals surface area (Å²) in [7, 11) is 0. The zero-order valence-electron chi connectivity index (χ0n) is 13.5. The summed E-state index contributed by atoms with van der Waals surface area (Å²) in [4.78, 5) is 22.7. The summed E-state index contributed by atoms with van der Waals surface area (Å²) in [6, 6.07) is 8.29. The summed E-state index contributed by atoms with van der Waals surface area (Å²) < 4.78 is 14.5. The van der Waals surface area contributed by atoms with Gasteiger partial charge in [-0.25, -0.2) is 13.9 Å². The molecule has 0 aliphatic carbocycles. The summed E-state index contributed by atoms with van der Waals surface area (Å²) in [6.45, 7) is 1.60. The molecular formula is C17H17FN6O. The highest BCUT2D eigenvalue weighted by Crippen LogP contribution is 2.20. The van der Waals surface area contributed by atoms with Gasteiger partial charge in [-0.1, -0.05) is 0 Å². The molecule has 2 aromatic heterocycles. The second-order valence-corrected chi connectivity index (χ2v) is 6.01. The third-order valence-electron chi connectivity index (χ3n) is 4.34. The minimum Gasteiger partial charge on any atom is -0.371 e.